The Morgan fingerprint density at radius 2 is 1.89 bits per heavy atom. The molecule has 0 aromatic carbocycles. The summed E-state index contributed by atoms with van der Waals surface area (Å²) in [6, 6.07) is 0.621. The number of ether oxygens (including phenoxy) is 1. The van der Waals surface area contributed by atoms with Gasteiger partial charge in [-0.05, 0) is 44.6 Å². The minimum absolute atomic E-state index is 0.487. The fourth-order valence-corrected chi connectivity index (χ4v) is 3.57. The Hall–Kier alpha value is -0.0800. The second-order valence-electron chi connectivity index (χ2n) is 6.41. The largest absolute Gasteiger partial charge is 0.373 e. The van der Waals surface area contributed by atoms with Gasteiger partial charge in [0.25, 0.3) is 0 Å². The van der Waals surface area contributed by atoms with Gasteiger partial charge in [-0.15, -0.1) is 0 Å². The van der Waals surface area contributed by atoms with Crippen LogP contribution in [0.25, 0.3) is 0 Å². The van der Waals surface area contributed by atoms with Crippen LogP contribution in [0.1, 0.15) is 71.6 Å². The Balaban J connectivity index is 1.80. The molecule has 4 atom stereocenters. The molecule has 106 valence electrons. The summed E-state index contributed by atoms with van der Waals surface area (Å²) in [4.78, 5) is 0. The summed E-state index contributed by atoms with van der Waals surface area (Å²) >= 11 is 0. The first-order valence-corrected chi connectivity index (χ1v) is 8.18. The molecule has 2 heteroatoms. The van der Waals surface area contributed by atoms with Crippen LogP contribution in [0, 0.1) is 5.92 Å². The van der Waals surface area contributed by atoms with E-state index in [2.05, 4.69) is 19.2 Å². The number of hydrogen-bond acceptors (Lipinski definition) is 2. The molecule has 0 radical (unpaired) electrons. The lowest BCUT2D eigenvalue weighted by Crippen LogP contribution is -2.45. The van der Waals surface area contributed by atoms with Crippen molar-refractivity contribution in [3.8, 4) is 0 Å². The Bertz CT molecular complexity index is 231. The van der Waals surface area contributed by atoms with Crippen molar-refractivity contribution in [2.24, 2.45) is 5.92 Å². The molecule has 1 N–H and O–H groups in total. The molecule has 0 bridgehead atoms. The van der Waals surface area contributed by atoms with Gasteiger partial charge >= 0.3 is 0 Å². The van der Waals surface area contributed by atoms with Crippen molar-refractivity contribution in [1.29, 1.82) is 0 Å². The Morgan fingerprint density at radius 3 is 2.67 bits per heavy atom. The Kier molecular flexibility index (Phi) is 5.97. The van der Waals surface area contributed by atoms with Gasteiger partial charge < -0.3 is 10.1 Å². The van der Waals surface area contributed by atoms with Gasteiger partial charge in [0.2, 0.25) is 0 Å². The zero-order valence-electron chi connectivity index (χ0n) is 12.3. The number of rotatable bonds is 5. The van der Waals surface area contributed by atoms with Crippen molar-refractivity contribution < 1.29 is 4.74 Å². The van der Waals surface area contributed by atoms with Crippen LogP contribution >= 0.6 is 0 Å². The lowest BCUT2D eigenvalue weighted by molar-refractivity contribution is -0.0669. The fourth-order valence-electron chi connectivity index (χ4n) is 3.57. The summed E-state index contributed by atoms with van der Waals surface area (Å²) < 4.78 is 6.45. The van der Waals surface area contributed by atoms with Gasteiger partial charge in [0.05, 0.1) is 12.2 Å². The first-order chi connectivity index (χ1) is 8.79. The SMILES string of the molecule is CCCNC1CCCCC1OC1CCCC(C)C1. The summed E-state index contributed by atoms with van der Waals surface area (Å²) in [5.41, 5.74) is 0. The summed E-state index contributed by atoms with van der Waals surface area (Å²) in [5, 5.41) is 3.70. The maximum atomic E-state index is 6.45. The highest BCUT2D eigenvalue weighted by Crippen LogP contribution is 2.30. The van der Waals surface area contributed by atoms with Crippen molar-refractivity contribution in [3.63, 3.8) is 0 Å². The normalized spacial score (nSPS) is 37.7. The van der Waals surface area contributed by atoms with E-state index in [9.17, 15) is 0 Å². The molecular weight excluding hydrogens is 222 g/mol. The third-order valence-corrected chi connectivity index (χ3v) is 4.61. The molecule has 2 saturated carbocycles. The smallest absolute Gasteiger partial charge is 0.0731 e. The molecule has 2 aliphatic rings. The molecule has 0 amide bonds. The highest BCUT2D eigenvalue weighted by Gasteiger charge is 2.29. The zero-order valence-corrected chi connectivity index (χ0v) is 12.3. The Morgan fingerprint density at radius 1 is 1.06 bits per heavy atom. The molecule has 0 heterocycles. The van der Waals surface area contributed by atoms with Crippen LogP contribution in [0.15, 0.2) is 0 Å². The average Bonchev–Trinajstić information content (AvgIpc) is 2.38. The van der Waals surface area contributed by atoms with Crippen LogP contribution < -0.4 is 5.32 Å². The van der Waals surface area contributed by atoms with E-state index < -0.39 is 0 Å². The molecule has 0 aromatic heterocycles. The van der Waals surface area contributed by atoms with Gasteiger partial charge in [-0.1, -0.05) is 39.5 Å². The predicted octanol–water partition coefficient (Wildman–Crippen LogP) is 3.89. The molecule has 2 fully saturated rings. The summed E-state index contributed by atoms with van der Waals surface area (Å²) in [7, 11) is 0. The topological polar surface area (TPSA) is 21.3 Å². The van der Waals surface area contributed by atoms with Crippen molar-refractivity contribution >= 4 is 0 Å². The standard InChI is InChI=1S/C16H31NO/c1-3-11-17-15-9-4-5-10-16(15)18-14-8-6-7-13(2)12-14/h13-17H,3-12H2,1-2H3. The summed E-state index contributed by atoms with van der Waals surface area (Å²) in [6.45, 7) is 5.77. The van der Waals surface area contributed by atoms with E-state index in [1.54, 1.807) is 0 Å². The molecule has 0 saturated heterocycles. The molecule has 0 spiro atoms. The zero-order chi connectivity index (χ0) is 12.8. The van der Waals surface area contributed by atoms with E-state index in [-0.39, 0.29) is 0 Å². The van der Waals surface area contributed by atoms with Crippen molar-refractivity contribution in [2.75, 3.05) is 6.54 Å². The lowest BCUT2D eigenvalue weighted by atomic mass is 9.87. The van der Waals surface area contributed by atoms with E-state index in [0.717, 1.165) is 12.5 Å². The van der Waals surface area contributed by atoms with Crippen LogP contribution in [0.5, 0.6) is 0 Å². The molecule has 4 unspecified atom stereocenters. The molecule has 0 aliphatic heterocycles. The summed E-state index contributed by atoms with van der Waals surface area (Å²) in [6.07, 6.45) is 12.9. The van der Waals surface area contributed by atoms with E-state index in [4.69, 9.17) is 4.74 Å². The van der Waals surface area contributed by atoms with Crippen LogP contribution in [-0.4, -0.2) is 24.8 Å². The van der Waals surface area contributed by atoms with Crippen molar-refractivity contribution in [1.82, 2.24) is 5.32 Å². The molecule has 18 heavy (non-hydrogen) atoms. The average molecular weight is 253 g/mol. The monoisotopic (exact) mass is 253 g/mol. The first kappa shape index (κ1) is 14.3. The van der Waals surface area contributed by atoms with Gasteiger partial charge in [0, 0.05) is 6.04 Å². The maximum absolute atomic E-state index is 6.45. The fraction of sp³-hybridized carbons (Fsp3) is 1.00. The maximum Gasteiger partial charge on any atom is 0.0731 e. The van der Waals surface area contributed by atoms with Crippen LogP contribution in [0.3, 0.4) is 0 Å². The van der Waals surface area contributed by atoms with Gasteiger partial charge in [0.1, 0.15) is 0 Å². The van der Waals surface area contributed by atoms with Crippen molar-refractivity contribution in [3.05, 3.63) is 0 Å². The number of hydrogen-bond donors (Lipinski definition) is 1. The molecule has 0 aromatic rings. The molecule has 2 nitrogen and oxygen atoms in total. The van der Waals surface area contributed by atoms with E-state index in [1.165, 1.54) is 57.8 Å². The van der Waals surface area contributed by atoms with Crippen molar-refractivity contribution in [2.45, 2.75) is 89.9 Å². The minimum atomic E-state index is 0.487. The second kappa shape index (κ2) is 7.49. The number of nitrogens with one attached hydrogen (secondary N) is 1. The van der Waals surface area contributed by atoms with Crippen LogP contribution in [-0.2, 0) is 4.74 Å². The van der Waals surface area contributed by atoms with E-state index in [0.29, 0.717) is 18.2 Å². The highest BCUT2D eigenvalue weighted by molar-refractivity contribution is 4.83. The van der Waals surface area contributed by atoms with Crippen LogP contribution in [0.4, 0.5) is 0 Å². The van der Waals surface area contributed by atoms with Gasteiger partial charge in [0.15, 0.2) is 0 Å². The predicted molar refractivity (Wildman–Crippen MR) is 76.8 cm³/mol. The minimum Gasteiger partial charge on any atom is -0.373 e. The Labute approximate surface area is 113 Å². The van der Waals surface area contributed by atoms with Gasteiger partial charge in [-0.25, -0.2) is 0 Å². The lowest BCUT2D eigenvalue weighted by Gasteiger charge is -2.37. The second-order valence-corrected chi connectivity index (χ2v) is 6.41. The quantitative estimate of drug-likeness (QED) is 0.802. The third kappa shape index (κ3) is 4.24. The van der Waals surface area contributed by atoms with E-state index >= 15 is 0 Å². The van der Waals surface area contributed by atoms with Gasteiger partial charge in [-0.2, -0.15) is 0 Å². The molecule has 2 rings (SSSR count). The van der Waals surface area contributed by atoms with Gasteiger partial charge in [-0.3, -0.25) is 0 Å². The molecular formula is C16H31NO. The molecule has 2 aliphatic carbocycles. The third-order valence-electron chi connectivity index (χ3n) is 4.61. The first-order valence-electron chi connectivity index (χ1n) is 8.18. The summed E-state index contributed by atoms with van der Waals surface area (Å²) in [5.74, 6) is 0.870. The van der Waals surface area contributed by atoms with E-state index in [1.807, 2.05) is 0 Å². The van der Waals surface area contributed by atoms with Crippen LogP contribution in [0.2, 0.25) is 0 Å². The highest BCUT2D eigenvalue weighted by atomic mass is 16.5.